The van der Waals surface area contributed by atoms with Crippen LogP contribution in [-0.4, -0.2) is 13.3 Å². The van der Waals surface area contributed by atoms with Gasteiger partial charge in [0.15, 0.2) is 17.6 Å². The zero-order chi connectivity index (χ0) is 13.8. The number of benzene rings is 1. The first-order valence-electron chi connectivity index (χ1n) is 6.69. The minimum Gasteiger partial charge on any atom is -0.471 e. The van der Waals surface area contributed by atoms with Crippen molar-refractivity contribution in [2.45, 2.75) is 19.1 Å². The molecule has 3 rings (SSSR count). The highest BCUT2D eigenvalue weighted by Crippen LogP contribution is 2.27. The van der Waals surface area contributed by atoms with Gasteiger partial charge in [-0.1, -0.05) is 12.1 Å². The van der Waals surface area contributed by atoms with Crippen LogP contribution in [0.4, 0.5) is 0 Å². The molecule has 2 aromatic heterocycles. The zero-order valence-electron chi connectivity index (χ0n) is 11.3. The van der Waals surface area contributed by atoms with E-state index in [9.17, 15) is 0 Å². The van der Waals surface area contributed by atoms with Crippen molar-refractivity contribution < 1.29 is 13.6 Å². The number of rotatable bonds is 6. The Bertz CT molecular complexity index is 657. The molecule has 0 unspecified atom stereocenters. The normalized spacial score (nSPS) is 12.7. The van der Waals surface area contributed by atoms with Crippen molar-refractivity contribution in [2.24, 2.45) is 0 Å². The van der Waals surface area contributed by atoms with Crippen LogP contribution >= 0.6 is 0 Å². The summed E-state index contributed by atoms with van der Waals surface area (Å²) in [5, 5.41) is 4.21. The Hall–Kier alpha value is -2.20. The lowest BCUT2D eigenvalue weighted by molar-refractivity contribution is 0.162. The number of fused-ring (bicyclic) bond motifs is 1. The first kappa shape index (κ1) is 12.8. The van der Waals surface area contributed by atoms with Crippen molar-refractivity contribution in [2.75, 3.05) is 7.05 Å². The molecule has 0 saturated heterocycles. The van der Waals surface area contributed by atoms with Crippen LogP contribution in [0.3, 0.4) is 0 Å². The molecule has 0 aliphatic rings. The van der Waals surface area contributed by atoms with Crippen molar-refractivity contribution >= 4 is 11.0 Å². The zero-order valence-corrected chi connectivity index (χ0v) is 11.3. The summed E-state index contributed by atoms with van der Waals surface area (Å²) in [5.41, 5.74) is 0.783. The Kier molecular flexibility index (Phi) is 3.74. The number of para-hydroxylation sites is 1. The lowest BCUT2D eigenvalue weighted by Gasteiger charge is -2.18. The molecule has 20 heavy (non-hydrogen) atoms. The fourth-order valence-electron chi connectivity index (χ4n) is 2.20. The highest BCUT2D eigenvalue weighted by molar-refractivity contribution is 5.82. The molecule has 0 aliphatic heterocycles. The van der Waals surface area contributed by atoms with Gasteiger partial charge in [-0.25, -0.2) is 0 Å². The van der Waals surface area contributed by atoms with E-state index in [2.05, 4.69) is 5.32 Å². The highest BCUT2D eigenvalue weighted by Gasteiger charge is 2.12. The van der Waals surface area contributed by atoms with Gasteiger partial charge in [0.25, 0.3) is 0 Å². The second-order valence-electron chi connectivity index (χ2n) is 4.61. The van der Waals surface area contributed by atoms with Gasteiger partial charge in [0, 0.05) is 18.2 Å². The highest BCUT2D eigenvalue weighted by atomic mass is 16.5. The average Bonchev–Trinajstić information content (AvgIpc) is 3.14. The molecule has 4 nitrogen and oxygen atoms in total. The quantitative estimate of drug-likeness (QED) is 0.696. The number of ether oxygens (including phenoxy) is 1. The molecule has 104 valence electrons. The van der Waals surface area contributed by atoms with E-state index < -0.39 is 0 Å². The molecule has 0 spiro atoms. The smallest absolute Gasteiger partial charge is 0.175 e. The number of aryl methyl sites for hydroxylation is 1. The lowest BCUT2D eigenvalue weighted by atomic mass is 10.2. The van der Waals surface area contributed by atoms with Gasteiger partial charge in [-0.3, -0.25) is 5.32 Å². The Morgan fingerprint density at radius 3 is 2.85 bits per heavy atom. The van der Waals surface area contributed by atoms with Crippen LogP contribution in [-0.2, 0) is 6.42 Å². The minimum absolute atomic E-state index is 0.0872. The fraction of sp³-hybridized carbons (Fsp3) is 0.250. The fourth-order valence-corrected chi connectivity index (χ4v) is 2.20. The molecule has 0 radical (unpaired) electrons. The van der Waals surface area contributed by atoms with Crippen LogP contribution in [0, 0.1) is 0 Å². The van der Waals surface area contributed by atoms with Crippen LogP contribution in [0.25, 0.3) is 11.0 Å². The van der Waals surface area contributed by atoms with Gasteiger partial charge >= 0.3 is 0 Å². The topological polar surface area (TPSA) is 47.5 Å². The molecular weight excluding hydrogens is 254 g/mol. The summed E-state index contributed by atoms with van der Waals surface area (Å²) >= 11 is 0. The van der Waals surface area contributed by atoms with Gasteiger partial charge in [0.1, 0.15) is 5.76 Å². The van der Waals surface area contributed by atoms with E-state index in [1.807, 2.05) is 43.4 Å². The van der Waals surface area contributed by atoms with E-state index in [0.29, 0.717) is 0 Å². The third-order valence-corrected chi connectivity index (χ3v) is 3.27. The number of furan rings is 2. The number of hydrogen-bond acceptors (Lipinski definition) is 4. The Morgan fingerprint density at radius 2 is 2.05 bits per heavy atom. The summed E-state index contributed by atoms with van der Waals surface area (Å²) in [5.74, 6) is 1.72. The van der Waals surface area contributed by atoms with Crippen molar-refractivity contribution in [3.63, 3.8) is 0 Å². The summed E-state index contributed by atoms with van der Waals surface area (Å²) < 4.78 is 16.8. The van der Waals surface area contributed by atoms with Crippen molar-refractivity contribution in [1.82, 2.24) is 5.32 Å². The Balaban J connectivity index is 1.69. The van der Waals surface area contributed by atoms with Crippen LogP contribution in [0.2, 0.25) is 0 Å². The van der Waals surface area contributed by atoms with Gasteiger partial charge < -0.3 is 13.6 Å². The molecule has 3 aromatic rings. The molecule has 0 aliphatic carbocycles. The monoisotopic (exact) mass is 271 g/mol. The molecule has 1 N–H and O–H groups in total. The maximum atomic E-state index is 5.99. The van der Waals surface area contributed by atoms with E-state index in [4.69, 9.17) is 13.6 Å². The average molecular weight is 271 g/mol. The van der Waals surface area contributed by atoms with Crippen molar-refractivity contribution in [1.29, 1.82) is 0 Å². The van der Waals surface area contributed by atoms with Gasteiger partial charge in [-0.2, -0.15) is 0 Å². The van der Waals surface area contributed by atoms with Gasteiger partial charge in [-0.05, 0) is 31.3 Å². The van der Waals surface area contributed by atoms with E-state index in [1.165, 1.54) is 0 Å². The summed E-state index contributed by atoms with van der Waals surface area (Å²) in [7, 11) is 1.88. The second kappa shape index (κ2) is 5.84. The molecule has 0 fully saturated rings. The molecular formula is C16H17NO3. The van der Waals surface area contributed by atoms with Crippen LogP contribution < -0.4 is 10.1 Å². The second-order valence-corrected chi connectivity index (χ2v) is 4.61. The van der Waals surface area contributed by atoms with E-state index in [1.54, 1.807) is 12.5 Å². The lowest BCUT2D eigenvalue weighted by Crippen LogP contribution is -2.31. The number of nitrogens with one attached hydrogen (secondary N) is 1. The predicted molar refractivity (Wildman–Crippen MR) is 76.7 cm³/mol. The largest absolute Gasteiger partial charge is 0.471 e. The summed E-state index contributed by atoms with van der Waals surface area (Å²) in [6.45, 7) is 0. The third-order valence-electron chi connectivity index (χ3n) is 3.27. The van der Waals surface area contributed by atoms with Crippen molar-refractivity contribution in [3.8, 4) is 5.75 Å². The van der Waals surface area contributed by atoms with Gasteiger partial charge in [-0.15, -0.1) is 0 Å². The van der Waals surface area contributed by atoms with E-state index >= 15 is 0 Å². The molecule has 0 amide bonds. The van der Waals surface area contributed by atoms with Crippen LogP contribution in [0.1, 0.15) is 12.2 Å². The minimum atomic E-state index is -0.0872. The summed E-state index contributed by atoms with van der Waals surface area (Å²) in [6.07, 6.45) is 4.92. The Labute approximate surface area is 117 Å². The van der Waals surface area contributed by atoms with Gasteiger partial charge in [0.2, 0.25) is 0 Å². The standard InChI is InChI=1S/C16H17NO3/c1-17-15(8-7-13-5-3-10-18-13)20-14-6-2-4-12-9-11-19-16(12)14/h2-6,9-11,15,17H,7-8H2,1H3/t15-/m1/s1. The first-order chi connectivity index (χ1) is 9.86. The SMILES string of the molecule is CN[C@@H](CCc1ccco1)Oc1cccc2ccoc12. The molecule has 4 heteroatoms. The molecule has 2 heterocycles. The summed E-state index contributed by atoms with van der Waals surface area (Å²) in [4.78, 5) is 0. The molecule has 0 saturated carbocycles. The maximum Gasteiger partial charge on any atom is 0.175 e. The molecule has 1 atom stereocenters. The third kappa shape index (κ3) is 2.70. The van der Waals surface area contributed by atoms with Crippen LogP contribution in [0.5, 0.6) is 5.75 Å². The molecule has 1 aromatic carbocycles. The first-order valence-corrected chi connectivity index (χ1v) is 6.69. The summed E-state index contributed by atoms with van der Waals surface area (Å²) in [6, 6.07) is 11.7. The van der Waals surface area contributed by atoms with Crippen LogP contribution in [0.15, 0.2) is 57.8 Å². The maximum absolute atomic E-state index is 5.99. The van der Waals surface area contributed by atoms with Crippen molar-refractivity contribution in [3.05, 3.63) is 54.7 Å². The van der Waals surface area contributed by atoms with Gasteiger partial charge in [0.05, 0.1) is 12.5 Å². The number of hydrogen-bond donors (Lipinski definition) is 1. The molecule has 0 bridgehead atoms. The van der Waals surface area contributed by atoms with E-state index in [0.717, 1.165) is 35.3 Å². The predicted octanol–water partition coefficient (Wildman–Crippen LogP) is 3.58. The Morgan fingerprint density at radius 1 is 1.10 bits per heavy atom. The van der Waals surface area contributed by atoms with E-state index in [-0.39, 0.29) is 6.23 Å².